The zero-order chi connectivity index (χ0) is 7.98. The highest BCUT2D eigenvalue weighted by atomic mass is 13.9. The molecule has 0 bridgehead atoms. The van der Waals surface area contributed by atoms with Crippen LogP contribution in [0.2, 0.25) is 0 Å². The quantitative estimate of drug-likeness (QED) is 0.412. The lowest BCUT2D eigenvalue weighted by Crippen LogP contribution is -1.79. The second kappa shape index (κ2) is 5.04. The Kier molecular flexibility index (Phi) is 4.65. The maximum absolute atomic E-state index is 3.69. The second-order valence-electron chi connectivity index (χ2n) is 2.49. The summed E-state index contributed by atoms with van der Waals surface area (Å²) >= 11 is 0. The lowest BCUT2D eigenvalue weighted by atomic mass is 10.1. The molecule has 0 aromatic rings. The highest BCUT2D eigenvalue weighted by Crippen LogP contribution is 2.01. The molecule has 0 radical (unpaired) electrons. The van der Waals surface area contributed by atoms with Gasteiger partial charge in [-0.05, 0) is 19.8 Å². The number of rotatable bonds is 3. The molecule has 1 atom stereocenters. The van der Waals surface area contributed by atoms with E-state index in [1.807, 2.05) is 13.0 Å². The average molecular weight is 136 g/mol. The molecule has 0 fully saturated rings. The fourth-order valence-corrected chi connectivity index (χ4v) is 0.478. The third kappa shape index (κ3) is 4.13. The Bertz CT molecular complexity index is 149. The van der Waals surface area contributed by atoms with Gasteiger partial charge in [-0.3, -0.25) is 0 Å². The fourth-order valence-electron chi connectivity index (χ4n) is 0.478. The van der Waals surface area contributed by atoms with E-state index in [1.165, 1.54) is 5.57 Å². The largest absolute Gasteiger partial charge is 0.102 e. The normalized spacial score (nSPS) is 15.7. The van der Waals surface area contributed by atoms with Crippen molar-refractivity contribution < 1.29 is 0 Å². The monoisotopic (exact) mass is 136 g/mol. The molecule has 10 heavy (non-hydrogen) atoms. The van der Waals surface area contributed by atoms with Crippen molar-refractivity contribution in [3.63, 3.8) is 0 Å². The Balaban J connectivity index is 3.86. The van der Waals surface area contributed by atoms with Gasteiger partial charge in [-0.2, -0.15) is 0 Å². The van der Waals surface area contributed by atoms with Crippen LogP contribution < -0.4 is 0 Å². The minimum atomic E-state index is 0.481. The van der Waals surface area contributed by atoms with Gasteiger partial charge in [0.25, 0.3) is 0 Å². The van der Waals surface area contributed by atoms with Crippen molar-refractivity contribution in [2.75, 3.05) is 0 Å². The van der Waals surface area contributed by atoms with Gasteiger partial charge in [0.1, 0.15) is 0 Å². The zero-order valence-corrected chi connectivity index (χ0v) is 7.09. The van der Waals surface area contributed by atoms with E-state index in [1.54, 1.807) is 0 Å². The molecular weight excluding hydrogens is 120 g/mol. The van der Waals surface area contributed by atoms with Crippen LogP contribution in [0.5, 0.6) is 0 Å². The van der Waals surface area contributed by atoms with Crippen molar-refractivity contribution in [3.05, 3.63) is 36.5 Å². The van der Waals surface area contributed by atoms with Crippen LogP contribution in [0, 0.1) is 5.92 Å². The minimum Gasteiger partial charge on any atom is -0.102 e. The zero-order valence-electron chi connectivity index (χ0n) is 7.09. The topological polar surface area (TPSA) is 0 Å². The predicted octanol–water partition coefficient (Wildman–Crippen LogP) is 3.33. The first-order chi connectivity index (χ1) is 4.70. The van der Waals surface area contributed by atoms with Crippen LogP contribution in [0.15, 0.2) is 36.5 Å². The first-order valence-electron chi connectivity index (χ1n) is 3.64. The van der Waals surface area contributed by atoms with Gasteiger partial charge in [-0.1, -0.05) is 36.8 Å². The standard InChI is InChI=1S/C10H16/c1-5-9(3)7-8-10(4)6-2/h5-9H,1H2,2-4H3. The van der Waals surface area contributed by atoms with Crippen LogP contribution in [0.3, 0.4) is 0 Å². The van der Waals surface area contributed by atoms with Crippen molar-refractivity contribution in [1.29, 1.82) is 0 Å². The molecule has 0 aromatic carbocycles. The van der Waals surface area contributed by atoms with Crippen LogP contribution in [0.1, 0.15) is 20.8 Å². The van der Waals surface area contributed by atoms with Crippen LogP contribution in [-0.2, 0) is 0 Å². The highest BCUT2D eigenvalue weighted by molar-refractivity contribution is 5.16. The van der Waals surface area contributed by atoms with Gasteiger partial charge in [-0.15, -0.1) is 6.58 Å². The van der Waals surface area contributed by atoms with E-state index >= 15 is 0 Å². The Hall–Kier alpha value is -0.780. The maximum Gasteiger partial charge on any atom is -0.00813 e. The summed E-state index contributed by atoms with van der Waals surface area (Å²) in [5.41, 5.74) is 1.30. The molecular formula is C10H16. The lowest BCUT2D eigenvalue weighted by Gasteiger charge is -1.94. The summed E-state index contributed by atoms with van der Waals surface area (Å²) < 4.78 is 0. The smallest absolute Gasteiger partial charge is 0.00813 e. The summed E-state index contributed by atoms with van der Waals surface area (Å²) in [5, 5.41) is 0. The Labute approximate surface area is 64.0 Å². The van der Waals surface area contributed by atoms with Gasteiger partial charge in [0.2, 0.25) is 0 Å². The van der Waals surface area contributed by atoms with E-state index in [4.69, 9.17) is 0 Å². The van der Waals surface area contributed by atoms with Crippen LogP contribution in [0.25, 0.3) is 0 Å². The van der Waals surface area contributed by atoms with E-state index in [-0.39, 0.29) is 0 Å². The van der Waals surface area contributed by atoms with Gasteiger partial charge in [0.15, 0.2) is 0 Å². The van der Waals surface area contributed by atoms with Gasteiger partial charge in [0, 0.05) is 0 Å². The Morgan fingerprint density at radius 1 is 1.50 bits per heavy atom. The molecule has 56 valence electrons. The summed E-state index contributed by atoms with van der Waals surface area (Å²) in [6.45, 7) is 9.94. The van der Waals surface area contributed by atoms with Crippen LogP contribution in [-0.4, -0.2) is 0 Å². The Morgan fingerprint density at radius 2 is 2.10 bits per heavy atom. The van der Waals surface area contributed by atoms with Crippen LogP contribution >= 0.6 is 0 Å². The Morgan fingerprint density at radius 3 is 2.50 bits per heavy atom. The SMILES string of the molecule is C=CC(C)C=CC(C)=CC. The molecule has 0 N–H and O–H groups in total. The lowest BCUT2D eigenvalue weighted by molar-refractivity contribution is 0.942. The van der Waals surface area contributed by atoms with E-state index in [0.717, 1.165) is 0 Å². The minimum absolute atomic E-state index is 0.481. The molecule has 1 unspecified atom stereocenters. The summed E-state index contributed by atoms with van der Waals surface area (Å²) in [5.74, 6) is 0.481. The van der Waals surface area contributed by atoms with Crippen molar-refractivity contribution in [2.45, 2.75) is 20.8 Å². The molecule has 0 nitrogen and oxygen atoms in total. The number of allylic oxidation sites excluding steroid dienone is 5. The van der Waals surface area contributed by atoms with Gasteiger partial charge < -0.3 is 0 Å². The third-order valence-corrected chi connectivity index (χ3v) is 1.49. The van der Waals surface area contributed by atoms with E-state index in [0.29, 0.717) is 5.92 Å². The molecule has 0 saturated carbocycles. The maximum atomic E-state index is 3.69. The number of hydrogen-bond donors (Lipinski definition) is 0. The molecule has 0 spiro atoms. The molecule has 0 amide bonds. The molecule has 0 aromatic heterocycles. The summed E-state index contributed by atoms with van der Waals surface area (Å²) in [6.07, 6.45) is 8.28. The van der Waals surface area contributed by atoms with Gasteiger partial charge >= 0.3 is 0 Å². The first kappa shape index (κ1) is 9.22. The number of hydrogen-bond acceptors (Lipinski definition) is 0. The molecule has 0 aliphatic heterocycles. The van der Waals surface area contributed by atoms with Crippen LogP contribution in [0.4, 0.5) is 0 Å². The fraction of sp³-hybridized carbons (Fsp3) is 0.400. The van der Waals surface area contributed by atoms with Crippen molar-refractivity contribution in [1.82, 2.24) is 0 Å². The molecule has 0 saturated heterocycles. The van der Waals surface area contributed by atoms with Crippen molar-refractivity contribution in [3.8, 4) is 0 Å². The predicted molar refractivity (Wildman–Crippen MR) is 47.9 cm³/mol. The summed E-state index contributed by atoms with van der Waals surface area (Å²) in [6, 6.07) is 0. The molecule has 0 aliphatic rings. The van der Waals surface area contributed by atoms with E-state index in [2.05, 4.69) is 38.7 Å². The third-order valence-electron chi connectivity index (χ3n) is 1.49. The van der Waals surface area contributed by atoms with Crippen molar-refractivity contribution >= 4 is 0 Å². The van der Waals surface area contributed by atoms with Gasteiger partial charge in [-0.25, -0.2) is 0 Å². The molecule has 0 rings (SSSR count). The molecule has 0 aliphatic carbocycles. The summed E-state index contributed by atoms with van der Waals surface area (Å²) in [4.78, 5) is 0. The second-order valence-corrected chi connectivity index (χ2v) is 2.49. The van der Waals surface area contributed by atoms with E-state index in [9.17, 15) is 0 Å². The summed E-state index contributed by atoms with van der Waals surface area (Å²) in [7, 11) is 0. The van der Waals surface area contributed by atoms with E-state index < -0.39 is 0 Å². The average Bonchev–Trinajstić information content (AvgIpc) is 1.99. The highest BCUT2D eigenvalue weighted by Gasteiger charge is 1.85. The van der Waals surface area contributed by atoms with Gasteiger partial charge in [0.05, 0.1) is 0 Å². The van der Waals surface area contributed by atoms with Crippen molar-refractivity contribution in [2.24, 2.45) is 5.92 Å². The molecule has 0 heteroatoms. The first-order valence-corrected chi connectivity index (χ1v) is 3.64. The molecule has 0 heterocycles.